The van der Waals surface area contributed by atoms with Crippen molar-refractivity contribution in [1.29, 1.82) is 0 Å². The molecule has 4 nitrogen and oxygen atoms in total. The topological polar surface area (TPSA) is 38.8 Å². The largest absolute Gasteiger partial charge is 0.385 e. The predicted octanol–water partition coefficient (Wildman–Crippen LogP) is 3.46. The van der Waals surface area contributed by atoms with Crippen LogP contribution in [-0.4, -0.2) is 43.8 Å². The summed E-state index contributed by atoms with van der Waals surface area (Å²) in [4.78, 5) is 14.5. The molecule has 1 aliphatic rings. The fraction of sp³-hybridized carbons (Fsp3) is 0.706. The Balaban J connectivity index is 1.80. The first-order valence-corrected chi connectivity index (χ1v) is 9.13. The van der Waals surface area contributed by atoms with Gasteiger partial charge >= 0.3 is 0 Å². The molecule has 1 amide bonds. The van der Waals surface area contributed by atoms with Crippen LogP contribution < -0.4 is 0 Å². The first kappa shape index (κ1) is 17.4. The summed E-state index contributed by atoms with van der Waals surface area (Å²) in [6.07, 6.45) is 6.04. The maximum Gasteiger partial charge on any atom is 0.222 e. The lowest BCUT2D eigenvalue weighted by molar-refractivity contribution is -0.133. The quantitative estimate of drug-likeness (QED) is 0.618. The van der Waals surface area contributed by atoms with Crippen molar-refractivity contribution in [2.75, 3.05) is 26.9 Å². The van der Waals surface area contributed by atoms with E-state index in [4.69, 9.17) is 9.47 Å². The van der Waals surface area contributed by atoms with Crippen LogP contribution in [-0.2, 0) is 20.8 Å². The van der Waals surface area contributed by atoms with Gasteiger partial charge in [-0.15, -0.1) is 0 Å². The van der Waals surface area contributed by atoms with Gasteiger partial charge < -0.3 is 14.4 Å². The molecule has 1 unspecified atom stereocenters. The number of unbranched alkanes of at least 4 members (excludes halogenated alkanes) is 2. The molecule has 0 aliphatic carbocycles. The fourth-order valence-corrected chi connectivity index (χ4v) is 3.41. The second kappa shape index (κ2) is 9.98. The van der Waals surface area contributed by atoms with Crippen LogP contribution >= 0.6 is 11.3 Å². The van der Waals surface area contributed by atoms with E-state index in [0.717, 1.165) is 51.9 Å². The summed E-state index contributed by atoms with van der Waals surface area (Å²) in [6, 6.07) is 2.10. The molecule has 0 bridgehead atoms. The van der Waals surface area contributed by atoms with Crippen LogP contribution in [0.1, 0.15) is 44.1 Å². The number of methoxy groups -OCH3 is 1. The molecule has 1 atom stereocenters. The minimum Gasteiger partial charge on any atom is -0.385 e. The highest BCUT2D eigenvalue weighted by molar-refractivity contribution is 7.07. The van der Waals surface area contributed by atoms with Crippen LogP contribution in [0.15, 0.2) is 16.8 Å². The number of hydrogen-bond acceptors (Lipinski definition) is 4. The highest BCUT2D eigenvalue weighted by Crippen LogP contribution is 2.17. The molecule has 2 heterocycles. The van der Waals surface area contributed by atoms with Gasteiger partial charge in [-0.25, -0.2) is 0 Å². The normalized spacial score (nSPS) is 17.8. The van der Waals surface area contributed by atoms with Gasteiger partial charge in [-0.2, -0.15) is 11.3 Å². The third-order valence-corrected chi connectivity index (χ3v) is 4.73. The molecule has 1 saturated heterocycles. The lowest BCUT2D eigenvalue weighted by atomic mass is 10.1. The highest BCUT2D eigenvalue weighted by Gasteiger charge is 2.22. The smallest absolute Gasteiger partial charge is 0.222 e. The van der Waals surface area contributed by atoms with E-state index in [1.165, 1.54) is 5.56 Å². The van der Waals surface area contributed by atoms with Gasteiger partial charge in [0.25, 0.3) is 0 Å². The van der Waals surface area contributed by atoms with E-state index in [1.807, 2.05) is 4.90 Å². The summed E-state index contributed by atoms with van der Waals surface area (Å²) in [5, 5.41) is 4.18. The SMILES string of the molecule is COCCCCCC(=O)N(Cc1ccsc1)CC1CCCO1. The van der Waals surface area contributed by atoms with Crippen molar-refractivity contribution < 1.29 is 14.3 Å². The van der Waals surface area contributed by atoms with Crippen LogP contribution in [0.4, 0.5) is 0 Å². The minimum atomic E-state index is 0.219. The predicted molar refractivity (Wildman–Crippen MR) is 89.1 cm³/mol. The molecule has 124 valence electrons. The summed E-state index contributed by atoms with van der Waals surface area (Å²) >= 11 is 1.68. The van der Waals surface area contributed by atoms with Crippen molar-refractivity contribution >= 4 is 17.2 Å². The van der Waals surface area contributed by atoms with Gasteiger partial charge in [0.05, 0.1) is 6.10 Å². The summed E-state index contributed by atoms with van der Waals surface area (Å²) in [5.41, 5.74) is 1.22. The Morgan fingerprint density at radius 2 is 2.36 bits per heavy atom. The van der Waals surface area contributed by atoms with Crippen molar-refractivity contribution in [3.05, 3.63) is 22.4 Å². The number of ether oxygens (including phenoxy) is 2. The third kappa shape index (κ3) is 6.07. The average Bonchev–Trinajstić information content (AvgIpc) is 3.20. The van der Waals surface area contributed by atoms with Crippen LogP contribution in [0.2, 0.25) is 0 Å². The maximum absolute atomic E-state index is 12.5. The van der Waals surface area contributed by atoms with Crippen molar-refractivity contribution in [1.82, 2.24) is 4.90 Å². The first-order chi connectivity index (χ1) is 10.8. The van der Waals surface area contributed by atoms with E-state index in [0.29, 0.717) is 13.0 Å². The van der Waals surface area contributed by atoms with Gasteiger partial charge in [0.2, 0.25) is 5.91 Å². The Morgan fingerprint density at radius 3 is 3.05 bits per heavy atom. The zero-order valence-electron chi connectivity index (χ0n) is 13.5. The number of thiophene rings is 1. The Labute approximate surface area is 137 Å². The Morgan fingerprint density at radius 1 is 1.45 bits per heavy atom. The zero-order chi connectivity index (χ0) is 15.6. The molecule has 1 aliphatic heterocycles. The van der Waals surface area contributed by atoms with Crippen LogP contribution in [0, 0.1) is 0 Å². The third-order valence-electron chi connectivity index (χ3n) is 3.99. The second-order valence-corrected chi connectivity index (χ2v) is 6.62. The molecule has 0 radical (unpaired) electrons. The summed E-state index contributed by atoms with van der Waals surface area (Å²) in [5.74, 6) is 0.249. The first-order valence-electron chi connectivity index (χ1n) is 8.19. The lowest BCUT2D eigenvalue weighted by Gasteiger charge is -2.25. The van der Waals surface area contributed by atoms with Gasteiger partial charge in [-0.3, -0.25) is 4.79 Å². The van der Waals surface area contributed by atoms with Gasteiger partial charge in [0.1, 0.15) is 0 Å². The molecule has 0 aromatic carbocycles. The van der Waals surface area contributed by atoms with E-state index < -0.39 is 0 Å². The molecule has 22 heavy (non-hydrogen) atoms. The molecule has 1 fully saturated rings. The summed E-state index contributed by atoms with van der Waals surface area (Å²) < 4.78 is 10.7. The van der Waals surface area contributed by atoms with E-state index in [1.54, 1.807) is 18.4 Å². The molecule has 0 N–H and O–H groups in total. The maximum atomic E-state index is 12.5. The van der Waals surface area contributed by atoms with Crippen molar-refractivity contribution in [2.24, 2.45) is 0 Å². The van der Waals surface area contributed by atoms with Crippen LogP contribution in [0.3, 0.4) is 0 Å². The molecule has 0 saturated carbocycles. The molecule has 1 aromatic heterocycles. The number of hydrogen-bond donors (Lipinski definition) is 0. The molecular formula is C17H27NO3S. The number of nitrogens with zero attached hydrogens (tertiary/aromatic N) is 1. The number of carbonyl (C=O) groups is 1. The molecule has 1 aromatic rings. The van der Waals surface area contributed by atoms with Gasteiger partial charge in [0.15, 0.2) is 0 Å². The van der Waals surface area contributed by atoms with Gasteiger partial charge in [-0.05, 0) is 48.1 Å². The number of rotatable bonds is 10. The summed E-state index contributed by atoms with van der Waals surface area (Å²) in [7, 11) is 1.72. The van der Waals surface area contributed by atoms with Crippen molar-refractivity contribution in [3.8, 4) is 0 Å². The Kier molecular flexibility index (Phi) is 7.91. The lowest BCUT2D eigenvalue weighted by Crippen LogP contribution is -2.36. The monoisotopic (exact) mass is 325 g/mol. The molecule has 5 heteroatoms. The van der Waals surface area contributed by atoms with E-state index in [-0.39, 0.29) is 12.0 Å². The highest BCUT2D eigenvalue weighted by atomic mass is 32.1. The van der Waals surface area contributed by atoms with Gasteiger partial charge in [-0.1, -0.05) is 6.42 Å². The minimum absolute atomic E-state index is 0.219. The Hall–Kier alpha value is -0.910. The van der Waals surface area contributed by atoms with Crippen LogP contribution in [0.5, 0.6) is 0 Å². The van der Waals surface area contributed by atoms with Crippen molar-refractivity contribution in [2.45, 2.75) is 51.2 Å². The molecule has 2 rings (SSSR count). The number of amides is 1. The van der Waals surface area contributed by atoms with Gasteiger partial charge in [0, 0.05) is 39.8 Å². The fourth-order valence-electron chi connectivity index (χ4n) is 2.75. The average molecular weight is 325 g/mol. The number of carbonyl (C=O) groups excluding carboxylic acids is 1. The Bertz CT molecular complexity index is 416. The van der Waals surface area contributed by atoms with Crippen molar-refractivity contribution in [3.63, 3.8) is 0 Å². The second-order valence-electron chi connectivity index (χ2n) is 5.84. The van der Waals surface area contributed by atoms with E-state index >= 15 is 0 Å². The van der Waals surface area contributed by atoms with Crippen LogP contribution in [0.25, 0.3) is 0 Å². The molecular weight excluding hydrogens is 298 g/mol. The van der Waals surface area contributed by atoms with E-state index in [9.17, 15) is 4.79 Å². The molecule has 0 spiro atoms. The van der Waals surface area contributed by atoms with E-state index in [2.05, 4.69) is 16.8 Å². The standard InChI is InChI=1S/C17H27NO3S/c1-20-9-4-2-3-7-17(19)18(12-15-8-11-22-14-15)13-16-6-5-10-21-16/h8,11,14,16H,2-7,9-10,12-13H2,1H3. The zero-order valence-corrected chi connectivity index (χ0v) is 14.3. The summed E-state index contributed by atoms with van der Waals surface area (Å²) in [6.45, 7) is 3.05.